The molecule has 0 aliphatic carbocycles. The zero-order valence-electron chi connectivity index (χ0n) is 15.5. The highest BCUT2D eigenvalue weighted by molar-refractivity contribution is 5.98. The summed E-state index contributed by atoms with van der Waals surface area (Å²) in [6, 6.07) is 5.38. The van der Waals surface area contributed by atoms with Crippen LogP contribution in [-0.2, 0) is 22.6 Å². The number of aliphatic hydroxyl groups excluding tert-OH is 1. The van der Waals surface area contributed by atoms with E-state index in [2.05, 4.69) is 12.2 Å². The Morgan fingerprint density at radius 3 is 2.52 bits per heavy atom. The summed E-state index contributed by atoms with van der Waals surface area (Å²) in [7, 11) is 0. The molecule has 0 saturated carbocycles. The van der Waals surface area contributed by atoms with Crippen LogP contribution < -0.4 is 5.32 Å². The third-order valence-corrected chi connectivity index (χ3v) is 4.88. The van der Waals surface area contributed by atoms with Gasteiger partial charge in [0.15, 0.2) is 0 Å². The molecule has 25 heavy (non-hydrogen) atoms. The van der Waals surface area contributed by atoms with Crippen LogP contribution in [0.1, 0.15) is 62.0 Å². The molecule has 1 heterocycles. The van der Waals surface area contributed by atoms with Crippen LogP contribution in [0.25, 0.3) is 0 Å². The van der Waals surface area contributed by atoms with E-state index in [4.69, 9.17) is 5.11 Å². The van der Waals surface area contributed by atoms with Crippen LogP contribution in [-0.4, -0.2) is 23.2 Å². The summed E-state index contributed by atoms with van der Waals surface area (Å²) < 4.78 is 0. The number of imide groups is 1. The predicted octanol–water partition coefficient (Wildman–Crippen LogP) is 2.89. The molecule has 0 radical (unpaired) electrons. The molecular formula is C20H29NO4. The molecule has 2 amide bonds. The Kier molecular flexibility index (Phi) is 8.49. The van der Waals surface area contributed by atoms with Gasteiger partial charge in [0, 0.05) is 17.9 Å². The van der Waals surface area contributed by atoms with Gasteiger partial charge < -0.3 is 5.11 Å². The molecule has 5 heteroatoms. The summed E-state index contributed by atoms with van der Waals surface area (Å²) in [4.78, 5) is 34.5. The molecule has 1 aromatic carbocycles. The van der Waals surface area contributed by atoms with Crippen molar-refractivity contribution in [1.82, 2.24) is 5.32 Å². The fraction of sp³-hybridized carbons (Fsp3) is 0.550. The van der Waals surface area contributed by atoms with Gasteiger partial charge in [-0.25, -0.2) is 0 Å². The largest absolute Gasteiger partial charge is 0.392 e. The Morgan fingerprint density at radius 1 is 1.28 bits per heavy atom. The number of benzene rings is 1. The first kappa shape index (κ1) is 21.0. The van der Waals surface area contributed by atoms with Gasteiger partial charge in [-0.1, -0.05) is 39.8 Å². The average Bonchev–Trinajstić information content (AvgIpc) is 2.63. The minimum atomic E-state index is -0.200. The van der Waals surface area contributed by atoms with Crippen molar-refractivity contribution in [2.24, 2.45) is 17.8 Å². The minimum Gasteiger partial charge on any atom is -0.392 e. The third-order valence-electron chi connectivity index (χ3n) is 4.88. The lowest BCUT2D eigenvalue weighted by Gasteiger charge is -2.30. The molecule has 3 unspecified atom stereocenters. The summed E-state index contributed by atoms with van der Waals surface area (Å²) in [5.74, 6) is -0.252. The maximum absolute atomic E-state index is 12.0. The van der Waals surface area contributed by atoms with Crippen LogP contribution in [0.4, 0.5) is 0 Å². The first-order valence-corrected chi connectivity index (χ1v) is 8.97. The van der Waals surface area contributed by atoms with Crippen LogP contribution >= 0.6 is 0 Å². The molecule has 0 aromatic heterocycles. The molecule has 3 atom stereocenters. The van der Waals surface area contributed by atoms with Gasteiger partial charge in [-0.05, 0) is 41.9 Å². The van der Waals surface area contributed by atoms with Crippen molar-refractivity contribution in [3.63, 3.8) is 0 Å². The Hall–Kier alpha value is -2.01. The van der Waals surface area contributed by atoms with Gasteiger partial charge in [0.05, 0.1) is 6.61 Å². The number of carbonyl (C=O) groups excluding carboxylic acids is 3. The van der Waals surface area contributed by atoms with Crippen LogP contribution in [0.2, 0.25) is 0 Å². The number of carbonyl (C=O) groups is 3. The standard InChI is InChI=1S/C18H23NO4.C2H6/c1-11(12(2)16-5-6-17(22)19-18(16)23)7-14-4-3-13(9-20)8-15(14)10-21;1-2/h3-4,8,10-12,16,20H,5-7,9H2,1-2H3,(H,19,22,23);1-2H3. The van der Waals surface area contributed by atoms with E-state index in [1.54, 1.807) is 6.07 Å². The van der Waals surface area contributed by atoms with Crippen molar-refractivity contribution >= 4 is 18.1 Å². The van der Waals surface area contributed by atoms with Gasteiger partial charge in [0.25, 0.3) is 0 Å². The van der Waals surface area contributed by atoms with Crippen LogP contribution in [0.15, 0.2) is 18.2 Å². The van der Waals surface area contributed by atoms with E-state index in [0.29, 0.717) is 30.4 Å². The average molecular weight is 347 g/mol. The van der Waals surface area contributed by atoms with E-state index < -0.39 is 0 Å². The monoisotopic (exact) mass is 347 g/mol. The van der Waals surface area contributed by atoms with Crippen molar-refractivity contribution in [3.8, 4) is 0 Å². The normalized spacial score (nSPS) is 19.3. The fourth-order valence-corrected chi connectivity index (χ4v) is 3.18. The third kappa shape index (κ3) is 5.49. The van der Waals surface area contributed by atoms with Gasteiger partial charge >= 0.3 is 0 Å². The molecular weight excluding hydrogens is 318 g/mol. The fourth-order valence-electron chi connectivity index (χ4n) is 3.18. The number of rotatable bonds is 6. The molecule has 1 fully saturated rings. The van der Waals surface area contributed by atoms with E-state index in [1.807, 2.05) is 32.9 Å². The lowest BCUT2D eigenvalue weighted by Crippen LogP contribution is -2.44. The van der Waals surface area contributed by atoms with Crippen molar-refractivity contribution in [2.45, 2.75) is 53.6 Å². The molecule has 0 bridgehead atoms. The van der Waals surface area contributed by atoms with Crippen molar-refractivity contribution in [1.29, 1.82) is 0 Å². The molecule has 2 rings (SSSR count). The summed E-state index contributed by atoms with van der Waals surface area (Å²) in [5.41, 5.74) is 2.21. The lowest BCUT2D eigenvalue weighted by atomic mass is 9.76. The Morgan fingerprint density at radius 2 is 1.96 bits per heavy atom. The van der Waals surface area contributed by atoms with Crippen molar-refractivity contribution < 1.29 is 19.5 Å². The van der Waals surface area contributed by atoms with E-state index >= 15 is 0 Å². The Balaban J connectivity index is 0.00000151. The minimum absolute atomic E-state index is 0.0939. The first-order chi connectivity index (χ1) is 12.0. The highest BCUT2D eigenvalue weighted by atomic mass is 16.3. The molecule has 1 aliphatic rings. The van der Waals surface area contributed by atoms with Crippen molar-refractivity contribution in [3.05, 3.63) is 34.9 Å². The highest BCUT2D eigenvalue weighted by Crippen LogP contribution is 2.30. The second-order valence-corrected chi connectivity index (χ2v) is 6.41. The van der Waals surface area contributed by atoms with E-state index in [1.165, 1.54) is 0 Å². The SMILES string of the molecule is CC.CC(Cc1ccc(CO)cc1C=O)C(C)C1CCC(=O)NC1=O. The van der Waals surface area contributed by atoms with Gasteiger partial charge in [0.1, 0.15) is 6.29 Å². The summed E-state index contributed by atoms with van der Waals surface area (Å²) >= 11 is 0. The van der Waals surface area contributed by atoms with E-state index in [9.17, 15) is 14.4 Å². The van der Waals surface area contributed by atoms with E-state index in [0.717, 1.165) is 11.8 Å². The topological polar surface area (TPSA) is 83.5 Å². The van der Waals surface area contributed by atoms with E-state index in [-0.39, 0.29) is 36.2 Å². The second kappa shape index (κ2) is 10.1. The number of piperidine rings is 1. The number of hydrogen-bond acceptors (Lipinski definition) is 4. The zero-order valence-corrected chi connectivity index (χ0v) is 15.5. The van der Waals surface area contributed by atoms with Crippen molar-refractivity contribution in [2.75, 3.05) is 0 Å². The molecule has 138 valence electrons. The van der Waals surface area contributed by atoms with Gasteiger partial charge in [-0.3, -0.25) is 19.7 Å². The molecule has 1 aliphatic heterocycles. The zero-order chi connectivity index (χ0) is 19.0. The van der Waals surface area contributed by atoms with Gasteiger partial charge in [-0.15, -0.1) is 0 Å². The summed E-state index contributed by atoms with van der Waals surface area (Å²) in [6.45, 7) is 7.99. The van der Waals surface area contributed by atoms with Crippen LogP contribution in [0, 0.1) is 17.8 Å². The molecule has 5 nitrogen and oxygen atoms in total. The molecule has 1 aromatic rings. The number of amides is 2. The smallest absolute Gasteiger partial charge is 0.229 e. The van der Waals surface area contributed by atoms with Crippen LogP contribution in [0.5, 0.6) is 0 Å². The molecule has 0 spiro atoms. The second-order valence-electron chi connectivity index (χ2n) is 6.41. The number of aliphatic hydroxyl groups is 1. The number of aldehydes is 1. The lowest BCUT2D eigenvalue weighted by molar-refractivity contribution is -0.138. The Bertz CT molecular complexity index is 612. The summed E-state index contributed by atoms with van der Waals surface area (Å²) in [5, 5.41) is 11.6. The predicted molar refractivity (Wildman–Crippen MR) is 97.0 cm³/mol. The number of nitrogens with one attached hydrogen (secondary N) is 1. The summed E-state index contributed by atoms with van der Waals surface area (Å²) in [6.07, 6.45) is 2.45. The first-order valence-electron chi connectivity index (χ1n) is 8.97. The number of hydrogen-bond donors (Lipinski definition) is 2. The maximum atomic E-state index is 12.0. The molecule has 1 saturated heterocycles. The maximum Gasteiger partial charge on any atom is 0.229 e. The molecule has 2 N–H and O–H groups in total. The van der Waals surface area contributed by atoms with Gasteiger partial charge in [-0.2, -0.15) is 0 Å². The quantitative estimate of drug-likeness (QED) is 0.612. The van der Waals surface area contributed by atoms with Gasteiger partial charge in [0.2, 0.25) is 11.8 Å². The van der Waals surface area contributed by atoms with Crippen LogP contribution in [0.3, 0.4) is 0 Å². The Labute approximate surface area is 149 Å². The highest BCUT2D eigenvalue weighted by Gasteiger charge is 2.33.